The Labute approximate surface area is 196 Å². The maximum atomic E-state index is 13.2. The van der Waals surface area contributed by atoms with E-state index in [1.807, 2.05) is 18.2 Å². The summed E-state index contributed by atoms with van der Waals surface area (Å²) in [5.74, 6) is 1.03. The van der Waals surface area contributed by atoms with Gasteiger partial charge in [0.05, 0.1) is 43.5 Å². The van der Waals surface area contributed by atoms with E-state index in [2.05, 4.69) is 15.5 Å². The van der Waals surface area contributed by atoms with Gasteiger partial charge in [-0.15, -0.1) is 0 Å². The molecule has 0 atom stereocenters. The van der Waals surface area contributed by atoms with Crippen LogP contribution in [0.3, 0.4) is 0 Å². The molecule has 0 fully saturated rings. The molecule has 34 heavy (non-hydrogen) atoms. The van der Waals surface area contributed by atoms with E-state index in [1.165, 1.54) is 19.2 Å². The number of methoxy groups -OCH3 is 3. The minimum absolute atomic E-state index is 0.289. The number of amides is 1. The first-order valence-corrected chi connectivity index (χ1v) is 10.5. The lowest BCUT2D eigenvalue weighted by Gasteiger charge is -2.12. The van der Waals surface area contributed by atoms with Gasteiger partial charge in [0.25, 0.3) is 5.91 Å². The second kappa shape index (κ2) is 10.1. The van der Waals surface area contributed by atoms with Crippen LogP contribution < -0.4 is 19.5 Å². The predicted molar refractivity (Wildman–Crippen MR) is 129 cm³/mol. The molecular formula is C26H24FN3O4. The highest BCUT2D eigenvalue weighted by atomic mass is 19.1. The Morgan fingerprint density at radius 3 is 2.44 bits per heavy atom. The molecule has 0 aliphatic carbocycles. The Balaban J connectivity index is 1.59. The number of benzene rings is 3. The number of ether oxygens (including phenoxy) is 3. The van der Waals surface area contributed by atoms with Gasteiger partial charge in [0.1, 0.15) is 11.6 Å². The molecule has 4 aromatic rings. The lowest BCUT2D eigenvalue weighted by atomic mass is 10.1. The van der Waals surface area contributed by atoms with E-state index in [0.29, 0.717) is 40.4 Å². The van der Waals surface area contributed by atoms with Crippen molar-refractivity contribution in [3.63, 3.8) is 0 Å². The predicted octanol–water partition coefficient (Wildman–Crippen LogP) is 4.83. The molecule has 2 N–H and O–H groups in total. The molecule has 0 aliphatic rings. The number of rotatable bonds is 8. The standard InChI is InChI=1S/C26H24FN3O4/c1-32-22-13-7-17(14-23(22)33-2)15-28-26(31)19-10-12-21-24(25(19)34-3)20(29-30-21)11-6-16-4-8-18(27)9-5-16/h4-14H,15H2,1-3H3,(H,28,31)(H,29,30). The average molecular weight is 461 g/mol. The van der Waals surface area contributed by atoms with Gasteiger partial charge in [-0.1, -0.05) is 24.3 Å². The van der Waals surface area contributed by atoms with Gasteiger partial charge in [-0.05, 0) is 53.6 Å². The number of carbonyl (C=O) groups is 1. The zero-order chi connectivity index (χ0) is 24.1. The number of halogens is 1. The lowest BCUT2D eigenvalue weighted by molar-refractivity contribution is 0.0948. The van der Waals surface area contributed by atoms with Gasteiger partial charge in [0.15, 0.2) is 11.5 Å². The van der Waals surface area contributed by atoms with E-state index in [1.54, 1.807) is 50.6 Å². The van der Waals surface area contributed by atoms with Gasteiger partial charge < -0.3 is 19.5 Å². The van der Waals surface area contributed by atoms with Crippen LogP contribution in [0.4, 0.5) is 4.39 Å². The first-order valence-electron chi connectivity index (χ1n) is 10.5. The quantitative estimate of drug-likeness (QED) is 0.393. The molecule has 0 radical (unpaired) electrons. The Bertz CT molecular complexity index is 1350. The second-order valence-corrected chi connectivity index (χ2v) is 7.43. The van der Waals surface area contributed by atoms with Crippen LogP contribution >= 0.6 is 0 Å². The van der Waals surface area contributed by atoms with E-state index in [9.17, 15) is 9.18 Å². The van der Waals surface area contributed by atoms with E-state index in [0.717, 1.165) is 16.6 Å². The normalized spacial score (nSPS) is 11.1. The van der Waals surface area contributed by atoms with Crippen LogP contribution in [0.5, 0.6) is 17.2 Å². The van der Waals surface area contributed by atoms with Crippen molar-refractivity contribution in [1.82, 2.24) is 15.5 Å². The van der Waals surface area contributed by atoms with Crippen LogP contribution in [0.25, 0.3) is 23.1 Å². The number of aromatic amines is 1. The van der Waals surface area contributed by atoms with Crippen molar-refractivity contribution in [2.24, 2.45) is 0 Å². The van der Waals surface area contributed by atoms with Crippen LogP contribution in [0.15, 0.2) is 54.6 Å². The molecule has 1 aromatic heterocycles. The monoisotopic (exact) mass is 461 g/mol. The highest BCUT2D eigenvalue weighted by Crippen LogP contribution is 2.32. The minimum Gasteiger partial charge on any atom is -0.495 e. The number of hydrogen-bond acceptors (Lipinski definition) is 5. The van der Waals surface area contributed by atoms with Gasteiger partial charge in [-0.2, -0.15) is 5.10 Å². The van der Waals surface area contributed by atoms with Crippen molar-refractivity contribution >= 4 is 29.0 Å². The third kappa shape index (κ3) is 4.71. The largest absolute Gasteiger partial charge is 0.495 e. The highest BCUT2D eigenvalue weighted by molar-refractivity contribution is 6.05. The van der Waals surface area contributed by atoms with Crippen molar-refractivity contribution in [3.05, 3.63) is 82.8 Å². The van der Waals surface area contributed by atoms with Crippen LogP contribution in [0.2, 0.25) is 0 Å². The molecule has 3 aromatic carbocycles. The maximum Gasteiger partial charge on any atom is 0.255 e. The molecule has 0 bridgehead atoms. The van der Waals surface area contributed by atoms with E-state index in [-0.39, 0.29) is 11.7 Å². The number of nitrogens with zero attached hydrogens (tertiary/aromatic N) is 1. The molecule has 7 nitrogen and oxygen atoms in total. The fraction of sp³-hybridized carbons (Fsp3) is 0.154. The Morgan fingerprint density at radius 2 is 1.74 bits per heavy atom. The van der Waals surface area contributed by atoms with Gasteiger partial charge in [0.2, 0.25) is 0 Å². The lowest BCUT2D eigenvalue weighted by Crippen LogP contribution is -2.23. The van der Waals surface area contributed by atoms with Gasteiger partial charge in [-0.25, -0.2) is 4.39 Å². The molecule has 0 aliphatic heterocycles. The number of aromatic nitrogens is 2. The average Bonchev–Trinajstić information content (AvgIpc) is 3.29. The molecule has 1 heterocycles. The molecule has 0 saturated heterocycles. The number of fused-ring (bicyclic) bond motifs is 1. The van der Waals surface area contributed by atoms with Crippen molar-refractivity contribution < 1.29 is 23.4 Å². The third-order valence-corrected chi connectivity index (χ3v) is 5.36. The summed E-state index contributed by atoms with van der Waals surface area (Å²) in [5, 5.41) is 10.9. The number of nitrogens with one attached hydrogen (secondary N) is 2. The third-order valence-electron chi connectivity index (χ3n) is 5.36. The summed E-state index contributed by atoms with van der Waals surface area (Å²) >= 11 is 0. The first-order chi connectivity index (χ1) is 16.5. The van der Waals surface area contributed by atoms with Crippen LogP contribution in [0.1, 0.15) is 27.2 Å². The maximum absolute atomic E-state index is 13.2. The van der Waals surface area contributed by atoms with Gasteiger partial charge in [-0.3, -0.25) is 9.89 Å². The van der Waals surface area contributed by atoms with E-state index < -0.39 is 0 Å². The highest BCUT2D eigenvalue weighted by Gasteiger charge is 2.19. The molecule has 4 rings (SSSR count). The summed E-state index contributed by atoms with van der Waals surface area (Å²) in [6.07, 6.45) is 3.61. The summed E-state index contributed by atoms with van der Waals surface area (Å²) in [6, 6.07) is 15.1. The molecule has 174 valence electrons. The number of H-pyrrole nitrogens is 1. The summed E-state index contributed by atoms with van der Waals surface area (Å²) in [6.45, 7) is 0.295. The summed E-state index contributed by atoms with van der Waals surface area (Å²) in [4.78, 5) is 13.0. The van der Waals surface area contributed by atoms with E-state index in [4.69, 9.17) is 14.2 Å². The number of hydrogen-bond donors (Lipinski definition) is 2. The van der Waals surface area contributed by atoms with Crippen LogP contribution in [-0.2, 0) is 6.54 Å². The van der Waals surface area contributed by atoms with Crippen molar-refractivity contribution in [2.75, 3.05) is 21.3 Å². The summed E-state index contributed by atoms with van der Waals surface area (Å²) in [5.41, 5.74) is 3.39. The topological polar surface area (TPSA) is 85.5 Å². The Morgan fingerprint density at radius 1 is 0.971 bits per heavy atom. The summed E-state index contributed by atoms with van der Waals surface area (Å²) < 4.78 is 29.4. The first kappa shape index (κ1) is 22.8. The van der Waals surface area contributed by atoms with Crippen molar-refractivity contribution in [2.45, 2.75) is 6.54 Å². The second-order valence-electron chi connectivity index (χ2n) is 7.43. The smallest absolute Gasteiger partial charge is 0.255 e. The van der Waals surface area contributed by atoms with Crippen molar-refractivity contribution in [1.29, 1.82) is 0 Å². The molecule has 0 spiro atoms. The molecule has 8 heteroatoms. The Hall–Kier alpha value is -4.33. The van der Waals surface area contributed by atoms with Gasteiger partial charge in [0, 0.05) is 6.54 Å². The van der Waals surface area contributed by atoms with Crippen LogP contribution in [0, 0.1) is 5.82 Å². The number of carbonyl (C=O) groups excluding carboxylic acids is 1. The zero-order valence-electron chi connectivity index (χ0n) is 19.0. The fourth-order valence-corrected chi connectivity index (χ4v) is 3.64. The van der Waals surface area contributed by atoms with Gasteiger partial charge >= 0.3 is 0 Å². The molecule has 0 unspecified atom stereocenters. The molecular weight excluding hydrogens is 437 g/mol. The Kier molecular flexibility index (Phi) is 6.77. The fourth-order valence-electron chi connectivity index (χ4n) is 3.64. The minimum atomic E-state index is -0.298. The van der Waals surface area contributed by atoms with E-state index >= 15 is 0 Å². The van der Waals surface area contributed by atoms with Crippen LogP contribution in [-0.4, -0.2) is 37.4 Å². The van der Waals surface area contributed by atoms with Crippen molar-refractivity contribution in [3.8, 4) is 17.2 Å². The SMILES string of the molecule is COc1ccc(CNC(=O)c2ccc3[nH]nc(C=Cc4ccc(F)cc4)c3c2OC)cc1OC. The molecule has 1 amide bonds. The summed E-state index contributed by atoms with van der Waals surface area (Å²) in [7, 11) is 4.65. The zero-order valence-corrected chi connectivity index (χ0v) is 19.0. The molecule has 0 saturated carbocycles.